The summed E-state index contributed by atoms with van der Waals surface area (Å²) in [7, 11) is 0. The maximum Gasteiger partial charge on any atom is 0.410 e. The topological polar surface area (TPSA) is 42.4 Å². The van der Waals surface area contributed by atoms with Gasteiger partial charge < -0.3 is 9.64 Å². The number of rotatable bonds is 1. The number of carbonyl (C=O) groups is 1. The number of thiazole rings is 1. The van der Waals surface area contributed by atoms with Crippen molar-refractivity contribution in [3.63, 3.8) is 0 Å². The highest BCUT2D eigenvalue weighted by Crippen LogP contribution is 2.33. The monoisotopic (exact) mass is 344 g/mol. The largest absolute Gasteiger partial charge is 0.444 e. The number of nitrogens with zero attached hydrogens (tertiary/aromatic N) is 2. The molecule has 0 saturated carbocycles. The predicted molar refractivity (Wildman–Crippen MR) is 99.4 cm³/mol. The van der Waals surface area contributed by atoms with Crippen molar-refractivity contribution in [1.82, 2.24) is 9.88 Å². The third kappa shape index (κ3) is 3.46. The van der Waals surface area contributed by atoms with Crippen LogP contribution < -0.4 is 0 Å². The Morgan fingerprint density at radius 1 is 1.38 bits per heavy atom. The molecule has 4 nitrogen and oxygen atoms in total. The Morgan fingerprint density at radius 3 is 2.75 bits per heavy atom. The second kappa shape index (κ2) is 6.20. The summed E-state index contributed by atoms with van der Waals surface area (Å²) < 4.78 is 6.71. The van der Waals surface area contributed by atoms with Gasteiger partial charge in [-0.3, -0.25) is 0 Å². The van der Waals surface area contributed by atoms with Gasteiger partial charge in [0.1, 0.15) is 10.6 Å². The van der Waals surface area contributed by atoms with Gasteiger partial charge in [-0.05, 0) is 58.2 Å². The lowest BCUT2D eigenvalue weighted by Gasteiger charge is -2.33. The van der Waals surface area contributed by atoms with Crippen molar-refractivity contribution in [3.05, 3.63) is 34.8 Å². The van der Waals surface area contributed by atoms with Crippen LogP contribution in [-0.4, -0.2) is 34.2 Å². The van der Waals surface area contributed by atoms with E-state index in [0.717, 1.165) is 16.9 Å². The Hall–Kier alpha value is -1.88. The number of benzene rings is 1. The maximum atomic E-state index is 12.3. The van der Waals surface area contributed by atoms with Crippen LogP contribution in [0.4, 0.5) is 4.79 Å². The molecule has 1 aliphatic rings. The quantitative estimate of drug-likeness (QED) is 0.729. The van der Waals surface area contributed by atoms with Crippen molar-refractivity contribution >= 4 is 33.2 Å². The zero-order valence-corrected chi connectivity index (χ0v) is 15.7. The Morgan fingerprint density at radius 2 is 2.12 bits per heavy atom. The molecule has 1 unspecified atom stereocenters. The Kier molecular flexibility index (Phi) is 4.38. The first-order chi connectivity index (χ1) is 11.2. The Balaban J connectivity index is 1.82. The Bertz CT molecular complexity index is 801. The average Bonchev–Trinajstić information content (AvgIpc) is 2.90. The first kappa shape index (κ1) is 17.0. The highest BCUT2D eigenvalue weighted by Gasteiger charge is 2.28. The zero-order chi connectivity index (χ0) is 17.5. The van der Waals surface area contributed by atoms with Gasteiger partial charge in [0.25, 0.3) is 0 Å². The van der Waals surface area contributed by atoms with Crippen molar-refractivity contribution in [3.8, 4) is 0 Å². The molecule has 0 saturated heterocycles. The second-order valence-corrected chi connectivity index (χ2v) is 8.33. The molecule has 128 valence electrons. The van der Waals surface area contributed by atoms with E-state index in [9.17, 15) is 4.79 Å². The van der Waals surface area contributed by atoms with E-state index in [4.69, 9.17) is 9.72 Å². The molecule has 1 aliphatic heterocycles. The summed E-state index contributed by atoms with van der Waals surface area (Å²) in [5.41, 5.74) is 3.05. The number of para-hydroxylation sites is 1. The van der Waals surface area contributed by atoms with E-state index in [1.165, 1.54) is 15.8 Å². The molecule has 0 N–H and O–H groups in total. The van der Waals surface area contributed by atoms with Crippen LogP contribution in [0.5, 0.6) is 0 Å². The molecule has 2 heterocycles. The lowest BCUT2D eigenvalue weighted by molar-refractivity contribution is 0.0209. The van der Waals surface area contributed by atoms with E-state index < -0.39 is 5.60 Å². The van der Waals surface area contributed by atoms with E-state index in [0.29, 0.717) is 6.54 Å². The summed E-state index contributed by atoms with van der Waals surface area (Å²) in [5.74, 6) is 0. The van der Waals surface area contributed by atoms with Crippen LogP contribution in [0.25, 0.3) is 15.8 Å². The summed E-state index contributed by atoms with van der Waals surface area (Å²) >= 11 is 1.73. The van der Waals surface area contributed by atoms with Crippen molar-refractivity contribution < 1.29 is 9.53 Å². The summed E-state index contributed by atoms with van der Waals surface area (Å²) in [6.45, 7) is 10.5. The van der Waals surface area contributed by atoms with Gasteiger partial charge in [-0.25, -0.2) is 9.78 Å². The van der Waals surface area contributed by atoms with Gasteiger partial charge in [0.15, 0.2) is 0 Å². The first-order valence-electron chi connectivity index (χ1n) is 8.31. The molecule has 3 rings (SSSR count). The van der Waals surface area contributed by atoms with E-state index >= 15 is 0 Å². The molecule has 1 amide bonds. The molecule has 0 fully saturated rings. The molecular formula is C19H24N2O2S. The van der Waals surface area contributed by atoms with Crippen LogP contribution in [0.2, 0.25) is 0 Å². The molecule has 0 spiro atoms. The van der Waals surface area contributed by atoms with Gasteiger partial charge in [0.05, 0.1) is 16.3 Å². The highest BCUT2D eigenvalue weighted by molar-refractivity contribution is 7.19. The number of carbonyl (C=O) groups excluding carboxylic acids is 1. The molecular weight excluding hydrogens is 320 g/mol. The third-order valence-corrected chi connectivity index (χ3v) is 5.18. The number of hydrogen-bond donors (Lipinski definition) is 0. The third-order valence-electron chi connectivity index (χ3n) is 4.08. The molecule has 1 atom stereocenters. The maximum absolute atomic E-state index is 12.3. The fourth-order valence-corrected chi connectivity index (χ4v) is 3.99. The summed E-state index contributed by atoms with van der Waals surface area (Å²) in [5, 5.41) is 1.06. The van der Waals surface area contributed by atoms with Crippen molar-refractivity contribution in [1.29, 1.82) is 0 Å². The van der Waals surface area contributed by atoms with Gasteiger partial charge >= 0.3 is 6.09 Å². The number of aromatic nitrogens is 1. The van der Waals surface area contributed by atoms with Crippen molar-refractivity contribution in [2.24, 2.45) is 0 Å². The summed E-state index contributed by atoms with van der Waals surface area (Å²) in [6, 6.07) is 6.29. The number of aryl methyl sites for hydroxylation is 1. The van der Waals surface area contributed by atoms with Crippen molar-refractivity contribution in [2.45, 2.75) is 52.7 Å². The minimum absolute atomic E-state index is 0.0108. The normalized spacial score (nSPS) is 18.6. The van der Waals surface area contributed by atoms with Crippen LogP contribution >= 0.6 is 11.3 Å². The van der Waals surface area contributed by atoms with Gasteiger partial charge in [-0.1, -0.05) is 18.2 Å². The van der Waals surface area contributed by atoms with Gasteiger partial charge in [-0.15, -0.1) is 11.3 Å². The first-order valence-corrected chi connectivity index (χ1v) is 9.13. The van der Waals surface area contributed by atoms with Crippen molar-refractivity contribution in [2.75, 3.05) is 6.54 Å². The lowest BCUT2D eigenvalue weighted by atomic mass is 10.0. The molecule has 24 heavy (non-hydrogen) atoms. The van der Waals surface area contributed by atoms with Crippen LogP contribution in [0, 0.1) is 6.92 Å². The molecule has 0 bridgehead atoms. The van der Waals surface area contributed by atoms with Gasteiger partial charge in [-0.2, -0.15) is 0 Å². The predicted octanol–water partition coefficient (Wildman–Crippen LogP) is 5.02. The molecule has 2 aromatic rings. The zero-order valence-electron chi connectivity index (χ0n) is 14.9. The molecule has 1 aromatic carbocycles. The standard InChI is InChI=1S/C19H24N2O2S/c1-12-7-6-8-15-16(12)20-17(24-15)14-9-10-21(13(2)11-14)18(22)23-19(3,4)5/h6-8,11,13H,9-10H2,1-5H3. The van der Waals surface area contributed by atoms with Gasteiger partial charge in [0, 0.05) is 6.54 Å². The SMILES string of the molecule is Cc1cccc2sc(C3=CC(C)N(C(=O)OC(C)(C)C)CC3)nc12. The minimum Gasteiger partial charge on any atom is -0.444 e. The van der Waals surface area contributed by atoms with E-state index in [-0.39, 0.29) is 12.1 Å². The second-order valence-electron chi connectivity index (χ2n) is 7.30. The number of hydrogen-bond acceptors (Lipinski definition) is 4. The minimum atomic E-state index is -0.467. The van der Waals surface area contributed by atoms with E-state index in [1.54, 1.807) is 16.2 Å². The van der Waals surface area contributed by atoms with Gasteiger partial charge in [0.2, 0.25) is 0 Å². The lowest BCUT2D eigenvalue weighted by Crippen LogP contribution is -2.43. The molecule has 0 radical (unpaired) electrons. The molecule has 5 heteroatoms. The Labute approximate surface area is 147 Å². The van der Waals surface area contributed by atoms with E-state index in [2.05, 4.69) is 31.2 Å². The highest BCUT2D eigenvalue weighted by atomic mass is 32.1. The fourth-order valence-electron chi connectivity index (χ4n) is 2.89. The molecule has 0 aliphatic carbocycles. The number of fused-ring (bicyclic) bond motifs is 1. The average molecular weight is 344 g/mol. The van der Waals surface area contributed by atoms with E-state index in [1.807, 2.05) is 27.7 Å². The number of ether oxygens (including phenoxy) is 1. The van der Waals surface area contributed by atoms with Crippen LogP contribution in [0.15, 0.2) is 24.3 Å². The molecule has 1 aromatic heterocycles. The smallest absolute Gasteiger partial charge is 0.410 e. The van der Waals surface area contributed by atoms with Crippen LogP contribution in [0.1, 0.15) is 44.7 Å². The number of amides is 1. The summed E-state index contributed by atoms with van der Waals surface area (Å²) in [4.78, 5) is 18.9. The fraction of sp³-hybridized carbons (Fsp3) is 0.474. The van der Waals surface area contributed by atoms with Crippen LogP contribution in [0.3, 0.4) is 0 Å². The van der Waals surface area contributed by atoms with Crippen LogP contribution in [-0.2, 0) is 4.74 Å². The summed E-state index contributed by atoms with van der Waals surface area (Å²) in [6.07, 6.45) is 2.70.